The van der Waals surface area contributed by atoms with Gasteiger partial charge in [0.1, 0.15) is 0 Å². The first-order valence-electron chi connectivity index (χ1n) is 2.06. The summed E-state index contributed by atoms with van der Waals surface area (Å²) in [4.78, 5) is 0. The van der Waals surface area contributed by atoms with Crippen LogP contribution in [0.5, 0.6) is 0 Å². The molecule has 0 aliphatic heterocycles. The zero-order valence-electron chi connectivity index (χ0n) is 4.19. The molecule has 1 nitrogen and oxygen atoms in total. The summed E-state index contributed by atoms with van der Waals surface area (Å²) >= 11 is 0.887. The molecule has 0 aliphatic rings. The summed E-state index contributed by atoms with van der Waals surface area (Å²) in [5.74, 6) is 0.711. The molecule has 0 spiro atoms. The van der Waals surface area contributed by atoms with Crippen LogP contribution in [0.1, 0.15) is 13.8 Å². The van der Waals surface area contributed by atoms with Gasteiger partial charge in [-0.15, -0.1) is 0 Å². The predicted octanol–water partition coefficient (Wildman–Crippen LogP) is 1.12. The Bertz CT molecular complexity index is 28.7. The van der Waals surface area contributed by atoms with Gasteiger partial charge in [-0.1, -0.05) is 0 Å². The molecule has 0 saturated carbocycles. The first-order chi connectivity index (χ1) is 2.77. The van der Waals surface area contributed by atoms with E-state index in [1.165, 1.54) is 0 Å². The van der Waals surface area contributed by atoms with Crippen molar-refractivity contribution in [2.24, 2.45) is 5.92 Å². The van der Waals surface area contributed by atoms with Crippen LogP contribution in [0.2, 0.25) is 0 Å². The van der Waals surface area contributed by atoms with Crippen molar-refractivity contribution in [1.29, 1.82) is 0 Å². The molecule has 0 aromatic rings. The van der Waals surface area contributed by atoms with E-state index in [0.717, 1.165) is 31.4 Å². The van der Waals surface area contributed by atoms with Crippen LogP contribution in [0.4, 0.5) is 0 Å². The molecule has 0 aliphatic carbocycles. The van der Waals surface area contributed by atoms with Gasteiger partial charge in [0.05, 0.1) is 0 Å². The Labute approximate surface area is 54.3 Å². The summed E-state index contributed by atoms with van der Waals surface area (Å²) in [5, 5.41) is 0. The molecule has 0 rings (SSSR count). The fraction of sp³-hybridized carbons (Fsp3) is 1.00. The normalized spacial score (nSPS) is 9.67. The topological polar surface area (TPSA) is 9.23 Å². The summed E-state index contributed by atoms with van der Waals surface area (Å²) in [5.41, 5.74) is 0. The molecule has 0 aromatic carbocycles. The zero-order chi connectivity index (χ0) is 4.99. The summed E-state index contributed by atoms with van der Waals surface area (Å²) in [6.07, 6.45) is 0. The van der Waals surface area contributed by atoms with Crippen LogP contribution in [0.15, 0.2) is 0 Å². The van der Waals surface area contributed by atoms with Crippen molar-refractivity contribution in [2.45, 2.75) is 13.8 Å². The predicted molar refractivity (Wildman–Crippen MR) is 20.8 cm³/mol. The van der Waals surface area contributed by atoms with Crippen molar-refractivity contribution in [2.75, 3.05) is 6.61 Å². The van der Waals surface area contributed by atoms with E-state index in [0.29, 0.717) is 5.92 Å². The van der Waals surface area contributed by atoms with Gasteiger partial charge >= 0.3 is 54.0 Å². The molecule has 0 bridgehead atoms. The van der Waals surface area contributed by atoms with Gasteiger partial charge in [0, 0.05) is 0 Å². The second-order valence-corrected chi connectivity index (χ2v) is 2.74. The molecule has 0 fully saturated rings. The zero-order valence-corrected chi connectivity index (χ0v) is 7.79. The Kier molecular flexibility index (Phi) is 4.56. The maximum atomic E-state index is 4.94. The van der Waals surface area contributed by atoms with Crippen LogP contribution >= 0.6 is 0 Å². The van der Waals surface area contributed by atoms with E-state index in [4.69, 9.17) is 2.85 Å². The van der Waals surface area contributed by atoms with Crippen molar-refractivity contribution < 1.29 is 27.7 Å². The molecular formula is C4H9HfO. The maximum absolute atomic E-state index is 4.94. The van der Waals surface area contributed by atoms with Gasteiger partial charge < -0.3 is 0 Å². The van der Waals surface area contributed by atoms with Crippen molar-refractivity contribution in [3.63, 3.8) is 0 Å². The van der Waals surface area contributed by atoms with E-state index >= 15 is 0 Å². The summed E-state index contributed by atoms with van der Waals surface area (Å²) in [7, 11) is 0. The quantitative estimate of drug-likeness (QED) is 0.669. The average Bonchev–Trinajstić information content (AvgIpc) is 1.35. The van der Waals surface area contributed by atoms with Gasteiger partial charge in [0.25, 0.3) is 0 Å². The van der Waals surface area contributed by atoms with Crippen LogP contribution in [0.3, 0.4) is 0 Å². The van der Waals surface area contributed by atoms with Crippen molar-refractivity contribution in [3.05, 3.63) is 0 Å². The van der Waals surface area contributed by atoms with E-state index in [-0.39, 0.29) is 0 Å². The Morgan fingerprint density at radius 1 is 1.67 bits per heavy atom. The average molecular weight is 252 g/mol. The molecule has 6 heavy (non-hydrogen) atoms. The van der Waals surface area contributed by atoms with Gasteiger partial charge in [-0.2, -0.15) is 0 Å². The SMILES string of the molecule is CC(C)C[O][Hf]. The van der Waals surface area contributed by atoms with Crippen LogP contribution in [0, 0.1) is 5.92 Å². The van der Waals surface area contributed by atoms with Crippen LogP contribution < -0.4 is 0 Å². The van der Waals surface area contributed by atoms with Gasteiger partial charge in [0.2, 0.25) is 0 Å². The summed E-state index contributed by atoms with van der Waals surface area (Å²) < 4.78 is 4.94. The van der Waals surface area contributed by atoms with Crippen molar-refractivity contribution >= 4 is 0 Å². The third-order valence-corrected chi connectivity index (χ3v) is 1.02. The molecule has 35 valence electrons. The minimum atomic E-state index is 0.711. The van der Waals surface area contributed by atoms with E-state index in [9.17, 15) is 0 Å². The molecule has 0 radical (unpaired) electrons. The molecular weight excluding hydrogens is 243 g/mol. The molecule has 0 atom stereocenters. The Morgan fingerprint density at radius 3 is 2.17 bits per heavy atom. The molecule has 0 amide bonds. The fourth-order valence-electron chi connectivity index (χ4n) is 0.167. The number of hydrogen-bond acceptors (Lipinski definition) is 1. The van der Waals surface area contributed by atoms with Crippen LogP contribution in [0.25, 0.3) is 0 Å². The molecule has 0 heterocycles. The molecule has 2 heteroatoms. The summed E-state index contributed by atoms with van der Waals surface area (Å²) in [6, 6.07) is 0. The standard InChI is InChI=1S/C4H9O.Hf/c1-4(2)3-5;/h4H,3H2,1-2H3;/q-1;+1. The van der Waals surface area contributed by atoms with Crippen molar-refractivity contribution in [3.8, 4) is 0 Å². The van der Waals surface area contributed by atoms with Gasteiger partial charge in [-0.25, -0.2) is 0 Å². The van der Waals surface area contributed by atoms with Crippen LogP contribution in [-0.4, -0.2) is 6.61 Å². The minimum absolute atomic E-state index is 0.711. The van der Waals surface area contributed by atoms with Gasteiger partial charge in [-0.3, -0.25) is 0 Å². The fourth-order valence-corrected chi connectivity index (χ4v) is 1.36. The molecule has 0 N–H and O–H groups in total. The number of rotatable bonds is 2. The Hall–Kier alpha value is 0.830. The molecule has 0 aromatic heterocycles. The third-order valence-electron chi connectivity index (χ3n) is 0.417. The van der Waals surface area contributed by atoms with Gasteiger partial charge in [-0.05, 0) is 0 Å². The number of hydrogen-bond donors (Lipinski definition) is 0. The molecule has 0 saturated heterocycles. The van der Waals surface area contributed by atoms with E-state index in [2.05, 4.69) is 13.8 Å². The second-order valence-electron chi connectivity index (χ2n) is 1.70. The third kappa shape index (κ3) is 4.83. The summed E-state index contributed by atoms with van der Waals surface area (Å²) in [6.45, 7) is 5.24. The second kappa shape index (κ2) is 4.00. The molecule has 0 unspecified atom stereocenters. The Balaban J connectivity index is 2.63. The van der Waals surface area contributed by atoms with Crippen LogP contribution in [-0.2, 0) is 27.7 Å². The monoisotopic (exact) mass is 253 g/mol. The first-order valence-corrected chi connectivity index (χ1v) is 3.52. The Morgan fingerprint density at radius 2 is 2.17 bits per heavy atom. The van der Waals surface area contributed by atoms with E-state index in [1.807, 2.05) is 0 Å². The van der Waals surface area contributed by atoms with Crippen molar-refractivity contribution in [1.82, 2.24) is 0 Å². The van der Waals surface area contributed by atoms with Gasteiger partial charge in [0.15, 0.2) is 0 Å². The van der Waals surface area contributed by atoms with E-state index < -0.39 is 0 Å². The first kappa shape index (κ1) is 6.83. The van der Waals surface area contributed by atoms with E-state index in [1.54, 1.807) is 0 Å².